The lowest BCUT2D eigenvalue weighted by atomic mass is 9.98. The number of ether oxygens (including phenoxy) is 2. The number of fused-ring (bicyclic) bond motifs is 2. The molecule has 2 aliphatic rings. The minimum absolute atomic E-state index is 0.225. The highest BCUT2D eigenvalue weighted by Crippen LogP contribution is 2.29. The van der Waals surface area contributed by atoms with Gasteiger partial charge in [0.15, 0.2) is 5.78 Å². The summed E-state index contributed by atoms with van der Waals surface area (Å²) in [4.78, 5) is 14.9. The molecule has 2 fully saturated rings. The van der Waals surface area contributed by atoms with Crippen LogP contribution < -0.4 is 0 Å². The molecule has 2 saturated heterocycles. The molecular formula is C18H25NO3. The van der Waals surface area contributed by atoms with Crippen molar-refractivity contribution in [1.29, 1.82) is 0 Å². The first kappa shape index (κ1) is 15.7. The third kappa shape index (κ3) is 3.40. The molecule has 0 amide bonds. The highest BCUT2D eigenvalue weighted by molar-refractivity contribution is 5.97. The number of hydrogen-bond acceptors (Lipinski definition) is 4. The van der Waals surface area contributed by atoms with Crippen molar-refractivity contribution in [2.45, 2.75) is 44.9 Å². The lowest BCUT2D eigenvalue weighted by Crippen LogP contribution is -2.36. The number of likely N-dealkylation sites (tertiary alicyclic amines) is 1. The molecule has 0 spiro atoms. The molecule has 0 N–H and O–H groups in total. The van der Waals surface area contributed by atoms with Gasteiger partial charge in [-0.2, -0.15) is 0 Å². The summed E-state index contributed by atoms with van der Waals surface area (Å²) in [5.74, 6) is 0.225. The van der Waals surface area contributed by atoms with Crippen molar-refractivity contribution in [1.82, 2.24) is 4.90 Å². The van der Waals surface area contributed by atoms with Gasteiger partial charge in [0.1, 0.15) is 0 Å². The summed E-state index contributed by atoms with van der Waals surface area (Å²) in [6.45, 7) is 5.46. The smallest absolute Gasteiger partial charge is 0.163 e. The van der Waals surface area contributed by atoms with E-state index < -0.39 is 0 Å². The number of carbonyl (C=O) groups is 1. The number of nitrogens with zero attached hydrogens (tertiary/aromatic N) is 1. The van der Waals surface area contributed by atoms with Gasteiger partial charge in [-0.15, -0.1) is 0 Å². The Bertz CT molecular complexity index is 543. The van der Waals surface area contributed by atoms with Gasteiger partial charge >= 0.3 is 0 Å². The van der Waals surface area contributed by atoms with Crippen LogP contribution in [-0.2, 0) is 16.0 Å². The Morgan fingerprint density at radius 1 is 1.45 bits per heavy atom. The van der Waals surface area contributed by atoms with Crippen LogP contribution in [0.1, 0.15) is 40.7 Å². The molecule has 2 bridgehead atoms. The Balaban J connectivity index is 1.65. The van der Waals surface area contributed by atoms with Gasteiger partial charge in [0.2, 0.25) is 0 Å². The van der Waals surface area contributed by atoms with E-state index in [0.29, 0.717) is 25.2 Å². The number of rotatable bonds is 7. The van der Waals surface area contributed by atoms with Gasteiger partial charge in [-0.3, -0.25) is 9.69 Å². The van der Waals surface area contributed by atoms with Gasteiger partial charge in [0.25, 0.3) is 0 Å². The molecule has 4 heteroatoms. The second-order valence-corrected chi connectivity index (χ2v) is 6.44. The normalized spacial score (nSPS) is 24.1. The minimum atomic E-state index is 0.225. The van der Waals surface area contributed by atoms with E-state index in [2.05, 4.69) is 23.1 Å². The predicted octanol–water partition coefficient (Wildman–Crippen LogP) is 2.58. The maximum absolute atomic E-state index is 12.4. The number of morpholine rings is 1. The highest BCUT2D eigenvalue weighted by Gasteiger charge is 2.38. The van der Waals surface area contributed by atoms with Gasteiger partial charge in [-0.25, -0.2) is 0 Å². The molecule has 3 rings (SSSR count). The Morgan fingerprint density at radius 3 is 3.00 bits per heavy atom. The Hall–Kier alpha value is -1.23. The lowest BCUT2D eigenvalue weighted by molar-refractivity contribution is 0.0273. The van der Waals surface area contributed by atoms with E-state index in [1.807, 2.05) is 6.92 Å². The molecular weight excluding hydrogens is 278 g/mol. The van der Waals surface area contributed by atoms with E-state index >= 15 is 0 Å². The van der Waals surface area contributed by atoms with Crippen LogP contribution in [0.3, 0.4) is 0 Å². The van der Waals surface area contributed by atoms with E-state index in [-0.39, 0.29) is 5.78 Å². The van der Waals surface area contributed by atoms with Gasteiger partial charge in [-0.05, 0) is 37.0 Å². The largest absolute Gasteiger partial charge is 0.385 e. The molecule has 0 radical (unpaired) electrons. The molecule has 2 heterocycles. The van der Waals surface area contributed by atoms with Crippen LogP contribution in [0.15, 0.2) is 18.2 Å². The fourth-order valence-electron chi connectivity index (χ4n) is 3.49. The van der Waals surface area contributed by atoms with E-state index in [1.165, 1.54) is 5.56 Å². The van der Waals surface area contributed by atoms with Crippen LogP contribution >= 0.6 is 0 Å². The maximum Gasteiger partial charge on any atom is 0.163 e. The zero-order valence-corrected chi connectivity index (χ0v) is 13.5. The van der Waals surface area contributed by atoms with Crippen molar-refractivity contribution in [3.63, 3.8) is 0 Å². The van der Waals surface area contributed by atoms with E-state index in [0.717, 1.165) is 43.7 Å². The summed E-state index contributed by atoms with van der Waals surface area (Å²) in [5, 5.41) is 0. The standard InChI is InChI=1S/C18H25NO3/c1-13-5-6-14(8-17(13)18(20)4-3-7-21-2)10-19-11-16-9-15(19)12-22-16/h5-6,8,15-16H,3-4,7,9-12H2,1-2H3/t15-,16-/m0/s1. The first-order valence-corrected chi connectivity index (χ1v) is 8.14. The van der Waals surface area contributed by atoms with Gasteiger partial charge < -0.3 is 9.47 Å². The van der Waals surface area contributed by atoms with Gasteiger partial charge in [0, 0.05) is 44.8 Å². The number of aryl methyl sites for hydroxylation is 1. The third-order valence-electron chi connectivity index (χ3n) is 4.75. The zero-order chi connectivity index (χ0) is 15.5. The number of carbonyl (C=O) groups excluding carboxylic acids is 1. The number of methoxy groups -OCH3 is 1. The van der Waals surface area contributed by atoms with Crippen molar-refractivity contribution in [2.24, 2.45) is 0 Å². The molecule has 2 aliphatic heterocycles. The summed E-state index contributed by atoms with van der Waals surface area (Å²) < 4.78 is 10.7. The maximum atomic E-state index is 12.4. The highest BCUT2D eigenvalue weighted by atomic mass is 16.5. The van der Waals surface area contributed by atoms with E-state index in [4.69, 9.17) is 9.47 Å². The van der Waals surface area contributed by atoms with Crippen LogP contribution in [0.2, 0.25) is 0 Å². The first-order valence-electron chi connectivity index (χ1n) is 8.14. The molecule has 22 heavy (non-hydrogen) atoms. The second-order valence-electron chi connectivity index (χ2n) is 6.44. The van der Waals surface area contributed by atoms with Crippen molar-refractivity contribution in [2.75, 3.05) is 26.9 Å². The number of Topliss-reactive ketones (excluding diaryl/α,β-unsaturated/α-hetero) is 1. The fraction of sp³-hybridized carbons (Fsp3) is 0.611. The average Bonchev–Trinajstić information content (AvgIpc) is 3.12. The van der Waals surface area contributed by atoms with Gasteiger partial charge in [-0.1, -0.05) is 12.1 Å². The topological polar surface area (TPSA) is 38.8 Å². The average molecular weight is 303 g/mol. The Morgan fingerprint density at radius 2 is 2.32 bits per heavy atom. The lowest BCUT2D eigenvalue weighted by Gasteiger charge is -2.26. The number of benzene rings is 1. The third-order valence-corrected chi connectivity index (χ3v) is 4.75. The molecule has 0 aromatic heterocycles. The SMILES string of the molecule is COCCCC(=O)c1cc(CN2C[C@@H]3C[C@H]2CO3)ccc1C. The van der Waals surface area contributed by atoms with E-state index in [1.54, 1.807) is 7.11 Å². The van der Waals surface area contributed by atoms with Gasteiger partial charge in [0.05, 0.1) is 12.7 Å². The second kappa shape index (κ2) is 6.90. The summed E-state index contributed by atoms with van der Waals surface area (Å²) in [7, 11) is 1.67. The molecule has 2 atom stereocenters. The quantitative estimate of drug-likeness (QED) is 0.573. The Labute approximate surface area is 132 Å². The summed E-state index contributed by atoms with van der Waals surface area (Å²) in [5.41, 5.74) is 3.17. The zero-order valence-electron chi connectivity index (χ0n) is 13.5. The number of hydrogen-bond donors (Lipinski definition) is 0. The van der Waals surface area contributed by atoms with E-state index in [9.17, 15) is 4.79 Å². The molecule has 0 aliphatic carbocycles. The molecule has 1 aromatic rings. The summed E-state index contributed by atoms with van der Waals surface area (Å²) in [6.07, 6.45) is 2.92. The molecule has 0 saturated carbocycles. The fourth-order valence-corrected chi connectivity index (χ4v) is 3.49. The van der Waals surface area contributed by atoms with Crippen molar-refractivity contribution >= 4 is 5.78 Å². The van der Waals surface area contributed by atoms with Crippen LogP contribution in [0.5, 0.6) is 0 Å². The van der Waals surface area contributed by atoms with Crippen LogP contribution in [0.4, 0.5) is 0 Å². The van der Waals surface area contributed by atoms with Crippen molar-refractivity contribution in [3.05, 3.63) is 34.9 Å². The van der Waals surface area contributed by atoms with Crippen molar-refractivity contribution < 1.29 is 14.3 Å². The first-order chi connectivity index (χ1) is 10.7. The van der Waals surface area contributed by atoms with Crippen molar-refractivity contribution in [3.8, 4) is 0 Å². The molecule has 1 aromatic carbocycles. The minimum Gasteiger partial charge on any atom is -0.385 e. The summed E-state index contributed by atoms with van der Waals surface area (Å²) in [6, 6.07) is 6.86. The molecule has 4 nitrogen and oxygen atoms in total. The van der Waals surface area contributed by atoms with Crippen LogP contribution in [-0.4, -0.2) is 49.7 Å². The van der Waals surface area contributed by atoms with Crippen LogP contribution in [0, 0.1) is 6.92 Å². The molecule has 120 valence electrons. The van der Waals surface area contributed by atoms with Crippen LogP contribution in [0.25, 0.3) is 0 Å². The molecule has 0 unspecified atom stereocenters. The monoisotopic (exact) mass is 303 g/mol. The Kier molecular flexibility index (Phi) is 4.91. The summed E-state index contributed by atoms with van der Waals surface area (Å²) >= 11 is 0. The predicted molar refractivity (Wildman–Crippen MR) is 85.2 cm³/mol. The number of ketones is 1.